The van der Waals surface area contributed by atoms with E-state index in [2.05, 4.69) is 29.1 Å². The number of aliphatic hydroxyl groups is 1. The summed E-state index contributed by atoms with van der Waals surface area (Å²) in [7, 11) is 1.57. The van der Waals surface area contributed by atoms with E-state index in [1.54, 1.807) is 42.4 Å². The summed E-state index contributed by atoms with van der Waals surface area (Å²) in [5.74, 6) is -1.97. The van der Waals surface area contributed by atoms with Crippen LogP contribution in [0, 0.1) is 11.8 Å². The summed E-state index contributed by atoms with van der Waals surface area (Å²) < 4.78 is 9.88. The van der Waals surface area contributed by atoms with Gasteiger partial charge < -0.3 is 24.4 Å². The number of thioether (sulfide) groups is 1. The molecule has 3 saturated heterocycles. The predicted octanol–water partition coefficient (Wildman–Crippen LogP) is 4.14. The van der Waals surface area contributed by atoms with Gasteiger partial charge in [0, 0.05) is 22.3 Å². The number of hydrogen-bond acceptors (Lipinski definition) is 7. The van der Waals surface area contributed by atoms with Crippen LogP contribution in [0.25, 0.3) is 0 Å². The summed E-state index contributed by atoms with van der Waals surface area (Å²) in [6.45, 7) is 7.36. The third-order valence-electron chi connectivity index (χ3n) is 8.23. The van der Waals surface area contributed by atoms with Crippen molar-refractivity contribution >= 4 is 51.2 Å². The minimum atomic E-state index is -0.952. The molecule has 0 aliphatic carbocycles. The Hall–Kier alpha value is -3.08. The highest BCUT2D eigenvalue weighted by Gasteiger charge is 2.76. The van der Waals surface area contributed by atoms with Crippen LogP contribution in [0.2, 0.25) is 0 Å². The molecule has 7 atom stereocenters. The van der Waals surface area contributed by atoms with E-state index in [-0.39, 0.29) is 41.6 Å². The Balaban J connectivity index is 1.64. The number of amides is 2. The van der Waals surface area contributed by atoms with Gasteiger partial charge in [-0.05, 0) is 36.2 Å². The van der Waals surface area contributed by atoms with Gasteiger partial charge in [0.2, 0.25) is 5.91 Å². The van der Waals surface area contributed by atoms with Crippen LogP contribution in [0.15, 0.2) is 79.9 Å². The average molecular weight is 642 g/mol. The highest BCUT2D eigenvalue weighted by atomic mass is 79.9. The van der Waals surface area contributed by atoms with Gasteiger partial charge in [-0.2, -0.15) is 0 Å². The zero-order valence-corrected chi connectivity index (χ0v) is 25.1. The van der Waals surface area contributed by atoms with E-state index in [0.29, 0.717) is 23.4 Å². The summed E-state index contributed by atoms with van der Waals surface area (Å²) in [6, 6.07) is 14.6. The number of methoxy groups -OCH3 is 1. The van der Waals surface area contributed by atoms with Gasteiger partial charge in [-0.25, -0.2) is 0 Å². The van der Waals surface area contributed by atoms with Crippen LogP contribution in [0.1, 0.15) is 18.0 Å². The van der Waals surface area contributed by atoms with Gasteiger partial charge in [-0.15, -0.1) is 18.3 Å². The van der Waals surface area contributed by atoms with Crippen molar-refractivity contribution in [3.63, 3.8) is 0 Å². The first-order valence-corrected chi connectivity index (χ1v) is 15.3. The van der Waals surface area contributed by atoms with Crippen molar-refractivity contribution in [2.45, 2.75) is 33.3 Å². The first-order valence-electron chi connectivity index (χ1n) is 13.5. The van der Waals surface area contributed by atoms with Gasteiger partial charge in [0.15, 0.2) is 0 Å². The number of aliphatic hydroxyl groups excluding tert-OH is 1. The monoisotopic (exact) mass is 640 g/mol. The Morgan fingerprint density at radius 2 is 1.90 bits per heavy atom. The molecule has 2 bridgehead atoms. The molecule has 2 amide bonds. The summed E-state index contributed by atoms with van der Waals surface area (Å²) in [5, 5.41) is 10.4. The van der Waals surface area contributed by atoms with E-state index in [0.717, 1.165) is 0 Å². The smallest absolute Gasteiger partial charge is 0.311 e. The number of hydrogen-bond donors (Lipinski definition) is 1. The number of carbonyl (C=O) groups excluding carboxylic acids is 3. The Labute approximate surface area is 252 Å². The minimum Gasteiger partial charge on any atom is -0.497 e. The molecule has 0 saturated carbocycles. The zero-order valence-electron chi connectivity index (χ0n) is 22.7. The average Bonchev–Trinajstić information content (AvgIpc) is 3.59. The Morgan fingerprint density at radius 1 is 1.20 bits per heavy atom. The van der Waals surface area contributed by atoms with Crippen molar-refractivity contribution in [3.8, 4) is 5.75 Å². The standard InChI is InChI=1S/C31H33BrN2O6S/c1-4-15-33(20-11-13-21(39-3)14-12-20)29(37)27-31-17-22(32)26(41-31)24(30(38)40-16-5-2)25(31)28(36)34(27)23(18-35)19-9-7-6-8-10-19/h4-14,22-27,35H,1-2,15-18H2,3H3/t22?,23-,24+,25+,26+,27?,31?/m1/s1. The summed E-state index contributed by atoms with van der Waals surface area (Å²) in [6.07, 6.45) is 3.64. The number of alkyl halides is 1. The number of halogens is 1. The van der Waals surface area contributed by atoms with Crippen LogP contribution in [-0.4, -0.2) is 75.5 Å². The van der Waals surface area contributed by atoms with Crippen LogP contribution >= 0.6 is 27.7 Å². The Morgan fingerprint density at radius 3 is 2.51 bits per heavy atom. The van der Waals surface area contributed by atoms with Crippen molar-refractivity contribution in [2.75, 3.05) is 31.8 Å². The molecule has 3 fully saturated rings. The van der Waals surface area contributed by atoms with Gasteiger partial charge in [0.05, 0.1) is 36.3 Å². The maximum Gasteiger partial charge on any atom is 0.311 e. The minimum absolute atomic E-state index is 0.0352. The lowest BCUT2D eigenvalue weighted by atomic mass is 9.71. The van der Waals surface area contributed by atoms with Gasteiger partial charge in [-0.3, -0.25) is 14.4 Å². The summed E-state index contributed by atoms with van der Waals surface area (Å²) >= 11 is 5.29. The highest BCUT2D eigenvalue weighted by molar-refractivity contribution is 9.09. The van der Waals surface area contributed by atoms with Gasteiger partial charge in [-0.1, -0.05) is 65.0 Å². The molecule has 8 nitrogen and oxygen atoms in total. The lowest BCUT2D eigenvalue weighted by Crippen LogP contribution is -2.56. The topological polar surface area (TPSA) is 96.4 Å². The van der Waals surface area contributed by atoms with E-state index in [9.17, 15) is 19.5 Å². The van der Waals surface area contributed by atoms with Crippen LogP contribution in [0.4, 0.5) is 5.69 Å². The maximum absolute atomic E-state index is 14.8. The van der Waals surface area contributed by atoms with Crippen molar-refractivity contribution in [1.29, 1.82) is 0 Å². The number of esters is 1. The highest BCUT2D eigenvalue weighted by Crippen LogP contribution is 2.68. The molecule has 1 spiro atoms. The van der Waals surface area contributed by atoms with E-state index in [1.807, 2.05) is 30.3 Å². The fourth-order valence-electron chi connectivity index (χ4n) is 6.58. The van der Waals surface area contributed by atoms with Crippen molar-refractivity contribution < 1.29 is 29.0 Å². The van der Waals surface area contributed by atoms with Crippen molar-refractivity contribution in [1.82, 2.24) is 4.90 Å². The number of fused-ring (bicyclic) bond motifs is 1. The molecule has 10 heteroatoms. The number of rotatable bonds is 11. The molecule has 3 aliphatic rings. The number of likely N-dealkylation sites (tertiary alicyclic amines) is 1. The normalized spacial score (nSPS) is 28.6. The largest absolute Gasteiger partial charge is 0.497 e. The quantitative estimate of drug-likeness (QED) is 0.224. The molecule has 2 aromatic carbocycles. The summed E-state index contributed by atoms with van der Waals surface area (Å²) in [4.78, 5) is 45.7. The van der Waals surface area contributed by atoms with Crippen LogP contribution in [0.5, 0.6) is 5.75 Å². The Kier molecular flexibility index (Phi) is 8.63. The predicted molar refractivity (Wildman–Crippen MR) is 162 cm³/mol. The fraction of sp³-hybridized carbons (Fsp3) is 0.387. The van der Waals surface area contributed by atoms with Crippen LogP contribution < -0.4 is 9.64 Å². The first kappa shape index (κ1) is 29.4. The molecule has 216 valence electrons. The number of nitrogens with zero attached hydrogens (tertiary/aromatic N) is 2. The van der Waals surface area contributed by atoms with Crippen molar-refractivity contribution in [3.05, 3.63) is 85.5 Å². The molecule has 3 unspecified atom stereocenters. The lowest BCUT2D eigenvalue weighted by Gasteiger charge is -2.40. The fourth-order valence-corrected chi connectivity index (χ4v) is 10.2. The molecule has 3 heterocycles. The van der Waals surface area contributed by atoms with E-state index < -0.39 is 34.6 Å². The number of anilines is 1. The number of benzene rings is 2. The number of carbonyl (C=O) groups is 3. The molecule has 3 aliphatic heterocycles. The van der Waals surface area contributed by atoms with Gasteiger partial charge in [0.25, 0.3) is 5.91 Å². The molecular weight excluding hydrogens is 608 g/mol. The molecule has 41 heavy (non-hydrogen) atoms. The second kappa shape index (κ2) is 12.0. The van der Waals surface area contributed by atoms with Crippen molar-refractivity contribution in [2.24, 2.45) is 11.8 Å². The Bertz CT molecular complexity index is 1320. The molecule has 5 rings (SSSR count). The second-order valence-electron chi connectivity index (χ2n) is 10.4. The van der Waals surface area contributed by atoms with E-state index in [1.165, 1.54) is 22.7 Å². The second-order valence-corrected chi connectivity index (χ2v) is 13.1. The molecule has 0 aromatic heterocycles. The molecular formula is C31H33BrN2O6S. The lowest BCUT2D eigenvalue weighted by molar-refractivity contribution is -0.153. The van der Waals surface area contributed by atoms with Gasteiger partial charge >= 0.3 is 5.97 Å². The van der Waals surface area contributed by atoms with Crippen LogP contribution in [-0.2, 0) is 19.1 Å². The van der Waals surface area contributed by atoms with E-state index >= 15 is 0 Å². The SMILES string of the molecule is C=CCOC(=O)[C@H]1[C@H]2C(=O)N([C@H](CO)c3ccccc3)C(C(=O)N(CC=C)c3ccc(OC)cc3)C23CC(Br)[C@@H]1S3. The molecule has 1 N–H and O–H groups in total. The van der Waals surface area contributed by atoms with Gasteiger partial charge in [0.1, 0.15) is 18.4 Å². The zero-order chi connectivity index (χ0) is 29.3. The third kappa shape index (κ3) is 4.89. The summed E-state index contributed by atoms with van der Waals surface area (Å²) in [5.41, 5.74) is 1.33. The molecule has 0 radical (unpaired) electrons. The third-order valence-corrected chi connectivity index (χ3v) is 11.5. The van der Waals surface area contributed by atoms with E-state index in [4.69, 9.17) is 9.47 Å². The van der Waals surface area contributed by atoms with Crippen LogP contribution in [0.3, 0.4) is 0 Å². The molecule has 2 aromatic rings. The first-order chi connectivity index (χ1) is 19.8. The maximum atomic E-state index is 14.8. The number of ether oxygens (including phenoxy) is 2.